The van der Waals surface area contributed by atoms with E-state index in [0.29, 0.717) is 0 Å². The van der Waals surface area contributed by atoms with Gasteiger partial charge in [0.05, 0.1) is 5.60 Å². The maximum Gasteiger partial charge on any atom is 0.0644 e. The van der Waals surface area contributed by atoms with Crippen molar-refractivity contribution in [1.82, 2.24) is 4.90 Å². The first-order chi connectivity index (χ1) is 7.47. The summed E-state index contributed by atoms with van der Waals surface area (Å²) in [6, 6.07) is 0. The van der Waals surface area contributed by atoms with Gasteiger partial charge in [-0.05, 0) is 32.6 Å². The summed E-state index contributed by atoms with van der Waals surface area (Å²) in [5.41, 5.74) is -0.417. The van der Waals surface area contributed by atoms with E-state index in [2.05, 4.69) is 18.7 Å². The lowest BCUT2D eigenvalue weighted by molar-refractivity contribution is -0.0239. The molecule has 0 bridgehead atoms. The van der Waals surface area contributed by atoms with Gasteiger partial charge in [0.2, 0.25) is 0 Å². The minimum absolute atomic E-state index is 0.0587. The van der Waals surface area contributed by atoms with Crippen molar-refractivity contribution >= 4 is 0 Å². The predicted molar refractivity (Wildman–Crippen MR) is 66.4 cm³/mol. The second-order valence-electron chi connectivity index (χ2n) is 5.64. The maximum absolute atomic E-state index is 9.89. The van der Waals surface area contributed by atoms with Gasteiger partial charge in [0.1, 0.15) is 0 Å². The molecule has 16 heavy (non-hydrogen) atoms. The zero-order chi connectivity index (χ0) is 12.2. The van der Waals surface area contributed by atoms with Crippen LogP contribution in [0.5, 0.6) is 0 Å². The molecule has 0 aromatic rings. The van der Waals surface area contributed by atoms with Crippen LogP contribution in [0.3, 0.4) is 0 Å². The number of hydrogen-bond donors (Lipinski definition) is 2. The van der Waals surface area contributed by atoms with E-state index in [1.807, 2.05) is 6.92 Å². The van der Waals surface area contributed by atoms with Crippen molar-refractivity contribution in [2.45, 2.75) is 52.1 Å². The van der Waals surface area contributed by atoms with Crippen LogP contribution in [0.2, 0.25) is 0 Å². The number of hydrogen-bond acceptors (Lipinski definition) is 3. The highest BCUT2D eigenvalue weighted by Crippen LogP contribution is 2.29. The molecule has 96 valence electrons. The van der Waals surface area contributed by atoms with Crippen LogP contribution in [0, 0.1) is 5.41 Å². The highest BCUT2D eigenvalue weighted by Gasteiger charge is 2.32. The van der Waals surface area contributed by atoms with Gasteiger partial charge in [-0.2, -0.15) is 0 Å². The smallest absolute Gasteiger partial charge is 0.0644 e. The van der Waals surface area contributed by atoms with Gasteiger partial charge >= 0.3 is 0 Å². The van der Waals surface area contributed by atoms with Gasteiger partial charge in [0.15, 0.2) is 0 Å². The first-order valence-corrected chi connectivity index (χ1v) is 6.52. The molecule has 3 nitrogen and oxygen atoms in total. The summed E-state index contributed by atoms with van der Waals surface area (Å²) in [4.78, 5) is 2.39. The fraction of sp³-hybridized carbons (Fsp3) is 1.00. The third-order valence-electron chi connectivity index (χ3n) is 4.33. The molecule has 1 heterocycles. The van der Waals surface area contributed by atoms with E-state index in [-0.39, 0.29) is 12.0 Å². The molecule has 3 heteroatoms. The van der Waals surface area contributed by atoms with Crippen LogP contribution in [0.15, 0.2) is 0 Å². The molecule has 0 aromatic carbocycles. The number of rotatable bonds is 5. The Labute approximate surface area is 99.5 Å². The lowest BCUT2D eigenvalue weighted by Crippen LogP contribution is -2.47. The van der Waals surface area contributed by atoms with E-state index in [0.717, 1.165) is 45.3 Å². The summed E-state index contributed by atoms with van der Waals surface area (Å²) in [6.07, 6.45) is 3.74. The highest BCUT2D eigenvalue weighted by atomic mass is 16.3. The summed E-state index contributed by atoms with van der Waals surface area (Å²) in [6.45, 7) is 9.37. The molecule has 1 aliphatic rings. The molecular weight excluding hydrogens is 202 g/mol. The number of nitrogens with zero attached hydrogens (tertiary/aromatic N) is 1. The van der Waals surface area contributed by atoms with Crippen LogP contribution in [-0.4, -0.2) is 47.0 Å². The van der Waals surface area contributed by atoms with Crippen LogP contribution >= 0.6 is 0 Å². The van der Waals surface area contributed by atoms with Gasteiger partial charge in [-0.1, -0.05) is 13.8 Å². The predicted octanol–water partition coefficient (Wildman–Crippen LogP) is 1.63. The Balaban J connectivity index is 2.48. The number of aliphatic hydroxyl groups is 2. The van der Waals surface area contributed by atoms with Gasteiger partial charge < -0.3 is 15.1 Å². The van der Waals surface area contributed by atoms with Crippen LogP contribution in [0.25, 0.3) is 0 Å². The molecule has 0 aliphatic carbocycles. The average Bonchev–Trinajstić information content (AvgIpc) is 2.29. The standard InChI is InChI=1S/C13H27NO2/c1-4-13(5-2,11-15)10-14-8-6-12(3,16)7-9-14/h15-16H,4-11H2,1-3H3. The Morgan fingerprint density at radius 2 is 1.69 bits per heavy atom. The summed E-state index contributed by atoms with van der Waals surface area (Å²) < 4.78 is 0. The minimum atomic E-state index is -0.475. The van der Waals surface area contributed by atoms with E-state index in [4.69, 9.17) is 0 Å². The molecular formula is C13H27NO2. The first kappa shape index (κ1) is 13.9. The minimum Gasteiger partial charge on any atom is -0.396 e. The maximum atomic E-state index is 9.89. The summed E-state index contributed by atoms with van der Waals surface area (Å²) in [5.74, 6) is 0. The molecule has 1 rings (SSSR count). The zero-order valence-electron chi connectivity index (χ0n) is 11.0. The van der Waals surface area contributed by atoms with E-state index < -0.39 is 5.60 Å². The molecule has 1 fully saturated rings. The molecule has 0 amide bonds. The largest absolute Gasteiger partial charge is 0.396 e. The molecule has 0 atom stereocenters. The SMILES string of the molecule is CCC(CC)(CO)CN1CCC(C)(O)CC1. The average molecular weight is 229 g/mol. The zero-order valence-corrected chi connectivity index (χ0v) is 11.0. The molecule has 1 aliphatic heterocycles. The third kappa shape index (κ3) is 3.44. The van der Waals surface area contributed by atoms with Gasteiger partial charge in [0.25, 0.3) is 0 Å². The Kier molecular flexibility index (Phi) is 4.77. The monoisotopic (exact) mass is 229 g/mol. The van der Waals surface area contributed by atoms with Crippen molar-refractivity contribution < 1.29 is 10.2 Å². The molecule has 0 radical (unpaired) electrons. The van der Waals surface area contributed by atoms with Crippen molar-refractivity contribution in [3.63, 3.8) is 0 Å². The molecule has 1 saturated heterocycles. The van der Waals surface area contributed by atoms with Crippen LogP contribution in [0.1, 0.15) is 46.5 Å². The second kappa shape index (κ2) is 5.48. The summed E-state index contributed by atoms with van der Waals surface area (Å²) in [5, 5.41) is 19.4. The number of aliphatic hydroxyl groups excluding tert-OH is 1. The number of likely N-dealkylation sites (tertiary alicyclic amines) is 1. The van der Waals surface area contributed by atoms with Crippen molar-refractivity contribution in [3.8, 4) is 0 Å². The summed E-state index contributed by atoms with van der Waals surface area (Å²) in [7, 11) is 0. The van der Waals surface area contributed by atoms with Gasteiger partial charge in [-0.15, -0.1) is 0 Å². The normalized spacial score (nSPS) is 22.3. The Bertz CT molecular complexity index is 194. The van der Waals surface area contributed by atoms with Crippen LogP contribution in [-0.2, 0) is 0 Å². The van der Waals surface area contributed by atoms with Crippen molar-refractivity contribution in [3.05, 3.63) is 0 Å². The van der Waals surface area contributed by atoms with Crippen LogP contribution in [0.4, 0.5) is 0 Å². The Morgan fingerprint density at radius 3 is 2.06 bits per heavy atom. The third-order valence-corrected chi connectivity index (χ3v) is 4.33. The van der Waals surface area contributed by atoms with Gasteiger partial charge in [0, 0.05) is 31.7 Å². The van der Waals surface area contributed by atoms with E-state index in [1.165, 1.54) is 0 Å². The molecule has 0 unspecified atom stereocenters. The van der Waals surface area contributed by atoms with Gasteiger partial charge in [-0.3, -0.25) is 0 Å². The molecule has 2 N–H and O–H groups in total. The topological polar surface area (TPSA) is 43.7 Å². The highest BCUT2D eigenvalue weighted by molar-refractivity contribution is 4.86. The molecule has 0 spiro atoms. The van der Waals surface area contributed by atoms with Crippen molar-refractivity contribution in [1.29, 1.82) is 0 Å². The quantitative estimate of drug-likeness (QED) is 0.753. The number of piperidine rings is 1. The lowest BCUT2D eigenvalue weighted by atomic mass is 9.81. The Hall–Kier alpha value is -0.120. The summed E-state index contributed by atoms with van der Waals surface area (Å²) >= 11 is 0. The fourth-order valence-corrected chi connectivity index (χ4v) is 2.41. The Morgan fingerprint density at radius 1 is 1.19 bits per heavy atom. The van der Waals surface area contributed by atoms with Crippen molar-refractivity contribution in [2.24, 2.45) is 5.41 Å². The van der Waals surface area contributed by atoms with E-state index >= 15 is 0 Å². The van der Waals surface area contributed by atoms with E-state index in [9.17, 15) is 10.2 Å². The van der Waals surface area contributed by atoms with Crippen LogP contribution < -0.4 is 0 Å². The lowest BCUT2D eigenvalue weighted by Gasteiger charge is -2.41. The molecule has 0 aromatic heterocycles. The van der Waals surface area contributed by atoms with E-state index in [1.54, 1.807) is 0 Å². The van der Waals surface area contributed by atoms with Gasteiger partial charge in [-0.25, -0.2) is 0 Å². The molecule has 0 saturated carbocycles. The fourth-order valence-electron chi connectivity index (χ4n) is 2.41. The first-order valence-electron chi connectivity index (χ1n) is 6.52. The van der Waals surface area contributed by atoms with Crippen molar-refractivity contribution in [2.75, 3.05) is 26.2 Å². The second-order valence-corrected chi connectivity index (χ2v) is 5.64.